The molecule has 0 radical (unpaired) electrons. The van der Waals surface area contributed by atoms with Crippen LogP contribution in [0.15, 0.2) is 53.8 Å². The Morgan fingerprint density at radius 2 is 1.93 bits per heavy atom. The van der Waals surface area contributed by atoms with Gasteiger partial charge in [-0.3, -0.25) is 9.78 Å². The first-order valence-electron chi connectivity index (χ1n) is 7.63. The number of hydrogen-bond acceptors (Lipinski definition) is 5. The molecule has 10 heteroatoms. The number of aromatic nitrogens is 2. The maximum atomic E-state index is 13.1. The third-order valence-electron chi connectivity index (χ3n) is 3.79. The fourth-order valence-corrected chi connectivity index (χ4v) is 4.36. The van der Waals surface area contributed by atoms with Crippen LogP contribution in [0, 0.1) is 0 Å². The highest BCUT2D eigenvalue weighted by Gasteiger charge is 2.27. The Balaban J connectivity index is 2.07. The molecule has 0 bridgehead atoms. The van der Waals surface area contributed by atoms with Gasteiger partial charge in [-0.25, -0.2) is 13.4 Å². The number of fused-ring (bicyclic) bond motifs is 1. The molecule has 0 amide bonds. The van der Waals surface area contributed by atoms with Crippen LogP contribution in [0.4, 0.5) is 0 Å². The number of benzene rings is 1. The Labute approximate surface area is 165 Å². The summed E-state index contributed by atoms with van der Waals surface area (Å²) >= 11 is 12.1. The molecule has 0 atom stereocenters. The SMILES string of the molecule is O=C(O)CN(Cc1cccnc1)S(=O)(=O)c1ccc2c(Cl)cnc(Cl)c2c1. The van der Waals surface area contributed by atoms with Crippen molar-refractivity contribution in [2.24, 2.45) is 0 Å². The summed E-state index contributed by atoms with van der Waals surface area (Å²) in [7, 11) is -4.12. The van der Waals surface area contributed by atoms with E-state index >= 15 is 0 Å². The van der Waals surface area contributed by atoms with Crippen molar-refractivity contribution < 1.29 is 18.3 Å². The minimum absolute atomic E-state index is 0.100. The van der Waals surface area contributed by atoms with Gasteiger partial charge in [-0.1, -0.05) is 35.3 Å². The molecule has 0 unspecified atom stereocenters. The fraction of sp³-hybridized carbons (Fsp3) is 0.118. The van der Waals surface area contributed by atoms with Gasteiger partial charge in [0.05, 0.1) is 9.92 Å². The second kappa shape index (κ2) is 7.77. The zero-order valence-corrected chi connectivity index (χ0v) is 16.0. The second-order valence-corrected chi connectivity index (χ2v) is 8.34. The quantitative estimate of drug-likeness (QED) is 0.608. The van der Waals surface area contributed by atoms with Gasteiger partial charge < -0.3 is 5.11 Å². The van der Waals surface area contributed by atoms with Crippen LogP contribution < -0.4 is 0 Å². The minimum atomic E-state index is -4.12. The summed E-state index contributed by atoms with van der Waals surface area (Å²) in [5.41, 5.74) is 0.561. The van der Waals surface area contributed by atoms with Crippen LogP contribution in [0.25, 0.3) is 10.8 Å². The molecule has 1 N–H and O–H groups in total. The van der Waals surface area contributed by atoms with Gasteiger partial charge in [0.2, 0.25) is 10.0 Å². The van der Waals surface area contributed by atoms with Gasteiger partial charge in [0.25, 0.3) is 0 Å². The smallest absolute Gasteiger partial charge is 0.318 e. The van der Waals surface area contributed by atoms with Crippen LogP contribution in [-0.4, -0.2) is 40.3 Å². The van der Waals surface area contributed by atoms with Crippen LogP contribution in [0.1, 0.15) is 5.56 Å². The second-order valence-electron chi connectivity index (χ2n) is 5.63. The molecule has 7 nitrogen and oxygen atoms in total. The summed E-state index contributed by atoms with van der Waals surface area (Å²) < 4.78 is 27.0. The van der Waals surface area contributed by atoms with E-state index in [1.165, 1.54) is 30.6 Å². The summed E-state index contributed by atoms with van der Waals surface area (Å²) in [5, 5.41) is 10.5. The van der Waals surface area contributed by atoms with E-state index < -0.39 is 22.5 Å². The molecule has 1 aromatic carbocycles. The normalized spacial score (nSPS) is 11.8. The van der Waals surface area contributed by atoms with Gasteiger partial charge in [0.15, 0.2) is 0 Å². The van der Waals surface area contributed by atoms with E-state index in [0.29, 0.717) is 21.4 Å². The number of pyridine rings is 2. The number of sulfonamides is 1. The van der Waals surface area contributed by atoms with Crippen LogP contribution >= 0.6 is 23.2 Å². The van der Waals surface area contributed by atoms with Crippen molar-refractivity contribution in [1.29, 1.82) is 0 Å². The average Bonchev–Trinajstić information content (AvgIpc) is 2.64. The standard InChI is InChI=1S/C17H13Cl2N3O4S/c18-15-8-21-17(19)14-6-12(3-4-13(14)15)27(25,26)22(10-16(23)24)9-11-2-1-5-20-7-11/h1-8H,9-10H2,(H,23,24). The highest BCUT2D eigenvalue weighted by Crippen LogP contribution is 2.30. The van der Waals surface area contributed by atoms with E-state index in [0.717, 1.165) is 4.31 Å². The van der Waals surface area contributed by atoms with Gasteiger partial charge in [0, 0.05) is 35.9 Å². The first-order chi connectivity index (χ1) is 12.8. The minimum Gasteiger partial charge on any atom is -0.480 e. The number of halogens is 2. The first kappa shape index (κ1) is 19.5. The van der Waals surface area contributed by atoms with Crippen molar-refractivity contribution in [3.8, 4) is 0 Å². The Morgan fingerprint density at radius 3 is 2.59 bits per heavy atom. The summed E-state index contributed by atoms with van der Waals surface area (Å²) in [5.74, 6) is -1.27. The van der Waals surface area contributed by atoms with E-state index in [1.54, 1.807) is 18.3 Å². The molecule has 0 aliphatic rings. The van der Waals surface area contributed by atoms with E-state index in [2.05, 4.69) is 9.97 Å². The van der Waals surface area contributed by atoms with E-state index in [-0.39, 0.29) is 16.6 Å². The van der Waals surface area contributed by atoms with Crippen LogP contribution in [0.2, 0.25) is 10.2 Å². The van der Waals surface area contributed by atoms with Crippen LogP contribution in [0.3, 0.4) is 0 Å². The van der Waals surface area contributed by atoms with Crippen molar-refractivity contribution in [3.63, 3.8) is 0 Å². The summed E-state index contributed by atoms with van der Waals surface area (Å²) in [6.07, 6.45) is 4.40. The average molecular weight is 426 g/mol. The fourth-order valence-electron chi connectivity index (χ4n) is 2.54. The zero-order valence-electron chi connectivity index (χ0n) is 13.7. The van der Waals surface area contributed by atoms with Gasteiger partial charge >= 0.3 is 5.97 Å². The molecule has 0 saturated heterocycles. The molecule has 0 aliphatic carbocycles. The van der Waals surface area contributed by atoms with Gasteiger partial charge in [-0.05, 0) is 23.8 Å². The predicted octanol–water partition coefficient (Wildman–Crippen LogP) is 3.21. The lowest BCUT2D eigenvalue weighted by Crippen LogP contribution is -2.35. The molecular formula is C17H13Cl2N3O4S. The predicted molar refractivity (Wildman–Crippen MR) is 101 cm³/mol. The molecule has 2 heterocycles. The molecule has 27 heavy (non-hydrogen) atoms. The molecule has 3 aromatic rings. The Hall–Kier alpha value is -2.26. The lowest BCUT2D eigenvalue weighted by molar-refractivity contribution is -0.137. The number of aliphatic carboxylic acids is 1. The molecule has 0 aliphatic heterocycles. The number of carboxylic acids is 1. The maximum absolute atomic E-state index is 13.1. The number of nitrogens with zero attached hydrogens (tertiary/aromatic N) is 3. The molecule has 140 valence electrons. The number of hydrogen-bond donors (Lipinski definition) is 1. The van der Waals surface area contributed by atoms with Gasteiger partial charge in [-0.15, -0.1) is 0 Å². The summed E-state index contributed by atoms with van der Waals surface area (Å²) in [6, 6.07) is 7.52. The Kier molecular flexibility index (Phi) is 5.61. The number of rotatable bonds is 6. The van der Waals surface area contributed by atoms with E-state index in [1.807, 2.05) is 0 Å². The molecule has 3 rings (SSSR count). The topological polar surface area (TPSA) is 100 Å². The van der Waals surface area contributed by atoms with Crippen molar-refractivity contribution in [1.82, 2.24) is 14.3 Å². The zero-order chi connectivity index (χ0) is 19.6. The monoisotopic (exact) mass is 425 g/mol. The first-order valence-corrected chi connectivity index (χ1v) is 9.83. The van der Waals surface area contributed by atoms with Crippen molar-refractivity contribution in [3.05, 3.63) is 64.7 Å². The third-order valence-corrected chi connectivity index (χ3v) is 6.18. The summed E-state index contributed by atoms with van der Waals surface area (Å²) in [6.45, 7) is -0.834. The highest BCUT2D eigenvalue weighted by molar-refractivity contribution is 7.89. The number of carbonyl (C=O) groups is 1. The van der Waals surface area contributed by atoms with Gasteiger partial charge in [-0.2, -0.15) is 4.31 Å². The van der Waals surface area contributed by atoms with Crippen molar-refractivity contribution in [2.45, 2.75) is 11.4 Å². The molecular weight excluding hydrogens is 413 g/mol. The highest BCUT2D eigenvalue weighted by atomic mass is 35.5. The third kappa shape index (κ3) is 4.19. The molecule has 0 fully saturated rings. The lowest BCUT2D eigenvalue weighted by atomic mass is 10.2. The Morgan fingerprint density at radius 1 is 1.15 bits per heavy atom. The van der Waals surface area contributed by atoms with Gasteiger partial charge in [0.1, 0.15) is 11.7 Å². The molecule has 0 saturated carbocycles. The molecule has 0 spiro atoms. The maximum Gasteiger partial charge on any atom is 0.318 e. The van der Waals surface area contributed by atoms with E-state index in [9.17, 15) is 13.2 Å². The van der Waals surface area contributed by atoms with Crippen LogP contribution in [-0.2, 0) is 21.4 Å². The van der Waals surface area contributed by atoms with E-state index in [4.69, 9.17) is 28.3 Å². The van der Waals surface area contributed by atoms with Crippen molar-refractivity contribution in [2.75, 3.05) is 6.54 Å². The Bertz CT molecular complexity index is 1110. The molecule has 2 aromatic heterocycles. The number of carboxylic acid groups (broad SMARTS) is 1. The lowest BCUT2D eigenvalue weighted by Gasteiger charge is -2.20. The van der Waals surface area contributed by atoms with Crippen molar-refractivity contribution >= 4 is 50.0 Å². The summed E-state index contributed by atoms with van der Waals surface area (Å²) in [4.78, 5) is 19.0. The largest absolute Gasteiger partial charge is 0.480 e. The van der Waals surface area contributed by atoms with Crippen LogP contribution in [0.5, 0.6) is 0 Å².